The van der Waals surface area contributed by atoms with Crippen LogP contribution in [0.25, 0.3) is 11.6 Å². The summed E-state index contributed by atoms with van der Waals surface area (Å²) in [7, 11) is 0. The highest BCUT2D eigenvalue weighted by Crippen LogP contribution is 2.48. The van der Waals surface area contributed by atoms with Crippen molar-refractivity contribution < 1.29 is 18.9 Å². The van der Waals surface area contributed by atoms with E-state index in [1.807, 2.05) is 44.2 Å². The van der Waals surface area contributed by atoms with Crippen molar-refractivity contribution in [2.75, 3.05) is 13.2 Å². The Labute approximate surface area is 140 Å². The lowest BCUT2D eigenvalue weighted by Crippen LogP contribution is -2.33. The van der Waals surface area contributed by atoms with Crippen molar-refractivity contribution >= 4 is 23.0 Å². The average molecular weight is 325 g/mol. The topological polar surface area (TPSA) is 53.8 Å². The molecule has 0 bridgehead atoms. The summed E-state index contributed by atoms with van der Waals surface area (Å²) in [4.78, 5) is 0. The molecule has 0 atom stereocenters. The number of benzene rings is 1. The van der Waals surface area contributed by atoms with Gasteiger partial charge in [-0.1, -0.05) is 0 Å². The highest BCUT2D eigenvalue weighted by atomic mass is 16.7. The van der Waals surface area contributed by atoms with Gasteiger partial charge in [-0.3, -0.25) is 0 Å². The van der Waals surface area contributed by atoms with Crippen LogP contribution in [0.4, 0.5) is 5.69 Å². The molecule has 0 unspecified atom stereocenters. The second-order valence-electron chi connectivity index (χ2n) is 7.22. The van der Waals surface area contributed by atoms with E-state index < -0.39 is 5.79 Å². The molecule has 5 heteroatoms. The number of ether oxygens (including phenoxy) is 3. The third-order valence-electron chi connectivity index (χ3n) is 5.10. The number of allylic oxidation sites excluding steroid dienone is 1. The van der Waals surface area contributed by atoms with Gasteiger partial charge in [-0.05, 0) is 44.2 Å². The summed E-state index contributed by atoms with van der Waals surface area (Å²) in [5.74, 6) is 0.0935. The molecule has 1 saturated heterocycles. The van der Waals surface area contributed by atoms with Crippen LogP contribution in [0.1, 0.15) is 37.8 Å². The molecule has 1 aliphatic carbocycles. The normalized spacial score (nSPS) is 25.2. The van der Waals surface area contributed by atoms with Crippen molar-refractivity contribution in [1.29, 1.82) is 0 Å². The van der Waals surface area contributed by atoms with E-state index in [1.54, 1.807) is 0 Å². The van der Waals surface area contributed by atoms with E-state index in [0.29, 0.717) is 31.7 Å². The molecule has 0 radical (unpaired) electrons. The van der Waals surface area contributed by atoms with Gasteiger partial charge < -0.3 is 19.4 Å². The number of hydrogen-bond donors (Lipinski definition) is 0. The number of rotatable bonds is 0. The summed E-state index contributed by atoms with van der Waals surface area (Å²) < 4.78 is 18.7. The van der Waals surface area contributed by atoms with Gasteiger partial charge in [0.2, 0.25) is 11.4 Å². The zero-order valence-electron chi connectivity index (χ0n) is 13.8. The standard InChI is InChI=1S/C19H19NO4/c1-18(2)7-5-13-16(24-18)4-3-12-14-11-19(22-9-10-23-19)8-6-15(14)20(21)17(12)13/h3-5,7,11H,6,8-10H2,1-2H3. The van der Waals surface area contributed by atoms with E-state index in [0.717, 1.165) is 32.9 Å². The molecule has 0 aromatic heterocycles. The monoisotopic (exact) mass is 325 g/mol. The Morgan fingerprint density at radius 3 is 2.75 bits per heavy atom. The first kappa shape index (κ1) is 14.3. The number of hydrogen-bond acceptors (Lipinski definition) is 4. The fourth-order valence-electron chi connectivity index (χ4n) is 3.96. The largest absolute Gasteiger partial charge is 0.618 e. The summed E-state index contributed by atoms with van der Waals surface area (Å²) in [6.45, 7) is 5.21. The summed E-state index contributed by atoms with van der Waals surface area (Å²) in [6.07, 6.45) is 7.31. The first-order valence-electron chi connectivity index (χ1n) is 8.38. The molecule has 0 N–H and O–H groups in total. The molecule has 5 rings (SSSR count). The molecule has 3 aliphatic heterocycles. The van der Waals surface area contributed by atoms with Crippen LogP contribution in [0.5, 0.6) is 5.75 Å². The summed E-state index contributed by atoms with van der Waals surface area (Å²) in [5, 5.41) is 12.9. The van der Waals surface area contributed by atoms with Crippen LogP contribution in [0.3, 0.4) is 0 Å². The van der Waals surface area contributed by atoms with Crippen molar-refractivity contribution in [3.8, 4) is 5.75 Å². The second kappa shape index (κ2) is 4.49. The van der Waals surface area contributed by atoms with Crippen molar-refractivity contribution in [2.24, 2.45) is 0 Å². The fourth-order valence-corrected chi connectivity index (χ4v) is 3.96. The summed E-state index contributed by atoms with van der Waals surface area (Å²) >= 11 is 0. The van der Waals surface area contributed by atoms with Crippen LogP contribution < -0.4 is 4.74 Å². The minimum absolute atomic E-state index is 0.359. The maximum Gasteiger partial charge on any atom is 0.235 e. The van der Waals surface area contributed by atoms with E-state index in [-0.39, 0.29) is 5.60 Å². The van der Waals surface area contributed by atoms with Gasteiger partial charge in [0.15, 0.2) is 5.79 Å². The van der Waals surface area contributed by atoms with Crippen molar-refractivity contribution in [3.05, 3.63) is 40.6 Å². The van der Waals surface area contributed by atoms with Crippen LogP contribution in [0.2, 0.25) is 0 Å². The molecule has 1 aromatic carbocycles. The minimum Gasteiger partial charge on any atom is -0.618 e. The zero-order chi connectivity index (χ0) is 16.5. The van der Waals surface area contributed by atoms with Gasteiger partial charge in [-0.2, -0.15) is 4.74 Å². The van der Waals surface area contributed by atoms with Crippen LogP contribution >= 0.6 is 0 Å². The molecule has 0 saturated carbocycles. The van der Waals surface area contributed by atoms with Crippen LogP contribution in [0.15, 0.2) is 24.3 Å². The highest BCUT2D eigenvalue weighted by molar-refractivity contribution is 6.26. The Hall–Kier alpha value is -2.11. The maximum atomic E-state index is 12.9. The number of nitrogens with zero attached hydrogens (tertiary/aromatic N) is 1. The van der Waals surface area contributed by atoms with E-state index in [9.17, 15) is 5.21 Å². The van der Waals surface area contributed by atoms with E-state index in [2.05, 4.69) is 0 Å². The third kappa shape index (κ3) is 1.85. The Balaban J connectivity index is 1.69. The van der Waals surface area contributed by atoms with E-state index in [1.165, 1.54) is 0 Å². The van der Waals surface area contributed by atoms with Gasteiger partial charge in [-0.25, -0.2) is 0 Å². The average Bonchev–Trinajstić information content (AvgIpc) is 3.10. The third-order valence-corrected chi connectivity index (χ3v) is 5.10. The van der Waals surface area contributed by atoms with Gasteiger partial charge in [0.25, 0.3) is 0 Å². The molecular formula is C19H19NO4. The maximum absolute atomic E-state index is 12.9. The lowest BCUT2D eigenvalue weighted by atomic mass is 9.89. The van der Waals surface area contributed by atoms with Gasteiger partial charge in [0, 0.05) is 12.8 Å². The Bertz CT molecular complexity index is 841. The lowest BCUT2D eigenvalue weighted by Gasteiger charge is -2.28. The van der Waals surface area contributed by atoms with E-state index >= 15 is 0 Å². The second-order valence-corrected chi connectivity index (χ2v) is 7.22. The van der Waals surface area contributed by atoms with Crippen molar-refractivity contribution in [3.63, 3.8) is 0 Å². The Morgan fingerprint density at radius 1 is 1.17 bits per heavy atom. The molecule has 1 aromatic rings. The summed E-state index contributed by atoms with van der Waals surface area (Å²) in [6, 6.07) is 3.93. The molecule has 0 amide bonds. The van der Waals surface area contributed by atoms with E-state index in [4.69, 9.17) is 14.2 Å². The van der Waals surface area contributed by atoms with Gasteiger partial charge in [0.05, 0.1) is 29.9 Å². The smallest absolute Gasteiger partial charge is 0.235 e. The SMILES string of the molecule is CC1(C)C=Cc2c(ccc3c2[N+]([O-])=C2CCC4(C=C23)OCCO4)O1. The molecule has 5 nitrogen and oxygen atoms in total. The predicted molar refractivity (Wildman–Crippen MR) is 90.3 cm³/mol. The fraction of sp³-hybridized carbons (Fsp3) is 0.421. The highest BCUT2D eigenvalue weighted by Gasteiger charge is 2.46. The van der Waals surface area contributed by atoms with Crippen LogP contribution in [-0.4, -0.2) is 35.1 Å². The molecule has 1 spiro atoms. The zero-order valence-corrected chi connectivity index (χ0v) is 13.8. The molecule has 3 heterocycles. The molecule has 1 fully saturated rings. The lowest BCUT2D eigenvalue weighted by molar-refractivity contribution is -0.358. The number of fused-ring (bicyclic) bond motifs is 5. The van der Waals surface area contributed by atoms with Crippen LogP contribution in [-0.2, 0) is 9.47 Å². The van der Waals surface area contributed by atoms with Gasteiger partial charge >= 0.3 is 0 Å². The molecule has 24 heavy (non-hydrogen) atoms. The first-order valence-corrected chi connectivity index (χ1v) is 8.38. The molecular weight excluding hydrogens is 306 g/mol. The Morgan fingerprint density at radius 2 is 1.96 bits per heavy atom. The minimum atomic E-state index is -0.661. The van der Waals surface area contributed by atoms with Crippen LogP contribution in [0, 0.1) is 5.21 Å². The summed E-state index contributed by atoms with van der Waals surface area (Å²) in [5.41, 5.74) is 3.84. The Kier molecular flexibility index (Phi) is 2.67. The van der Waals surface area contributed by atoms with Crippen molar-refractivity contribution in [2.45, 2.75) is 38.1 Å². The quantitative estimate of drug-likeness (QED) is 0.542. The molecule has 4 aliphatic rings. The first-order chi connectivity index (χ1) is 11.5. The van der Waals surface area contributed by atoms with Gasteiger partial charge in [0.1, 0.15) is 11.4 Å². The van der Waals surface area contributed by atoms with Gasteiger partial charge in [-0.15, -0.1) is 0 Å². The predicted octanol–water partition coefficient (Wildman–Crippen LogP) is 3.39. The van der Waals surface area contributed by atoms with Crippen molar-refractivity contribution in [1.82, 2.24) is 0 Å². The molecule has 124 valence electrons.